The van der Waals surface area contributed by atoms with E-state index in [1.807, 2.05) is 31.2 Å². The first kappa shape index (κ1) is 14.9. The number of fused-ring (bicyclic) bond motifs is 1. The van der Waals surface area contributed by atoms with E-state index in [0.29, 0.717) is 11.6 Å². The van der Waals surface area contributed by atoms with Gasteiger partial charge in [0.1, 0.15) is 11.5 Å². The van der Waals surface area contributed by atoms with Gasteiger partial charge in [0.25, 0.3) is 0 Å². The number of aryl methyl sites for hydroxylation is 1. The number of nitrogens with one attached hydrogen (secondary N) is 1. The zero-order valence-electron chi connectivity index (χ0n) is 13.4. The fourth-order valence-corrected chi connectivity index (χ4v) is 3.30. The van der Waals surface area contributed by atoms with Gasteiger partial charge in [0.05, 0.1) is 11.6 Å². The largest absolute Gasteiger partial charge is 0.466 e. The van der Waals surface area contributed by atoms with Crippen LogP contribution in [0.4, 0.5) is 0 Å². The molecule has 0 aliphatic heterocycles. The van der Waals surface area contributed by atoms with E-state index in [1.165, 1.54) is 11.1 Å². The van der Waals surface area contributed by atoms with Gasteiger partial charge in [-0.1, -0.05) is 26.0 Å². The fourth-order valence-electron chi connectivity index (χ4n) is 3.30. The normalized spacial score (nSPS) is 19.5. The van der Waals surface area contributed by atoms with Crippen molar-refractivity contribution in [3.05, 3.63) is 58.5 Å². The van der Waals surface area contributed by atoms with Crippen LogP contribution in [0.15, 0.2) is 34.7 Å². The van der Waals surface area contributed by atoms with Crippen LogP contribution in [-0.4, -0.2) is 0 Å². The topological polar surface area (TPSA) is 49.0 Å². The molecule has 1 heterocycles. The van der Waals surface area contributed by atoms with Gasteiger partial charge >= 0.3 is 0 Å². The van der Waals surface area contributed by atoms with Crippen LogP contribution >= 0.6 is 0 Å². The molecule has 1 aromatic carbocycles. The van der Waals surface area contributed by atoms with Crippen LogP contribution in [0.25, 0.3) is 0 Å². The van der Waals surface area contributed by atoms with Crippen molar-refractivity contribution in [2.75, 3.05) is 0 Å². The lowest BCUT2D eigenvalue weighted by Crippen LogP contribution is -2.32. The summed E-state index contributed by atoms with van der Waals surface area (Å²) in [6, 6.07) is 12.4. The molecule has 0 spiro atoms. The molecule has 0 saturated heterocycles. The van der Waals surface area contributed by atoms with Crippen LogP contribution in [0.5, 0.6) is 0 Å². The second kappa shape index (κ2) is 5.62. The highest BCUT2D eigenvalue weighted by Crippen LogP contribution is 2.42. The summed E-state index contributed by atoms with van der Waals surface area (Å²) in [6.45, 7) is 7.41. The first-order valence-electron chi connectivity index (χ1n) is 7.78. The average Bonchev–Trinajstić information content (AvgIpc) is 2.84. The third-order valence-electron chi connectivity index (χ3n) is 4.37. The predicted octanol–water partition coefficient (Wildman–Crippen LogP) is 4.26. The van der Waals surface area contributed by atoms with Crippen LogP contribution in [0, 0.1) is 23.7 Å². The number of benzene rings is 1. The summed E-state index contributed by atoms with van der Waals surface area (Å²) in [5, 5.41) is 12.5. The molecule has 0 bridgehead atoms. The standard InChI is InChI=1S/C19H22N2O/c1-13-8-16-17(9-19(2,3)10-18(16)22-13)21-12-15-6-4-14(11-20)5-7-15/h4-8,17,21H,9-10,12H2,1-3H3. The first-order valence-corrected chi connectivity index (χ1v) is 7.78. The van der Waals surface area contributed by atoms with E-state index in [0.717, 1.165) is 30.9 Å². The Kier molecular flexibility index (Phi) is 3.80. The average molecular weight is 294 g/mol. The van der Waals surface area contributed by atoms with Gasteiger partial charge in [-0.3, -0.25) is 0 Å². The van der Waals surface area contributed by atoms with Gasteiger partial charge in [-0.15, -0.1) is 0 Å². The Morgan fingerprint density at radius 1 is 1.32 bits per heavy atom. The Labute approximate surface area is 132 Å². The third-order valence-corrected chi connectivity index (χ3v) is 4.37. The van der Waals surface area contributed by atoms with Gasteiger partial charge in [0.2, 0.25) is 0 Å². The highest BCUT2D eigenvalue weighted by molar-refractivity contribution is 5.32. The van der Waals surface area contributed by atoms with Gasteiger partial charge in [-0.25, -0.2) is 0 Å². The predicted molar refractivity (Wildman–Crippen MR) is 86.3 cm³/mol. The van der Waals surface area contributed by atoms with Gasteiger partial charge in [-0.2, -0.15) is 5.26 Å². The molecule has 1 aromatic heterocycles. The Morgan fingerprint density at radius 3 is 2.73 bits per heavy atom. The molecular formula is C19H22N2O. The lowest BCUT2D eigenvalue weighted by Gasteiger charge is -2.35. The molecule has 1 aliphatic carbocycles. The van der Waals surface area contributed by atoms with E-state index in [-0.39, 0.29) is 5.41 Å². The zero-order valence-corrected chi connectivity index (χ0v) is 13.4. The van der Waals surface area contributed by atoms with Crippen molar-refractivity contribution in [3.8, 4) is 6.07 Å². The Morgan fingerprint density at radius 2 is 2.05 bits per heavy atom. The Balaban J connectivity index is 1.75. The molecule has 3 rings (SSSR count). The number of rotatable bonds is 3. The molecule has 0 saturated carbocycles. The zero-order chi connectivity index (χ0) is 15.7. The summed E-state index contributed by atoms with van der Waals surface area (Å²) >= 11 is 0. The molecule has 114 valence electrons. The maximum atomic E-state index is 8.86. The molecule has 1 N–H and O–H groups in total. The highest BCUT2D eigenvalue weighted by Gasteiger charge is 2.34. The maximum absolute atomic E-state index is 8.86. The van der Waals surface area contributed by atoms with E-state index in [9.17, 15) is 0 Å². The summed E-state index contributed by atoms with van der Waals surface area (Å²) in [4.78, 5) is 0. The Bertz CT molecular complexity index is 704. The van der Waals surface area contributed by atoms with E-state index < -0.39 is 0 Å². The molecule has 2 aromatic rings. The SMILES string of the molecule is Cc1cc2c(o1)CC(C)(C)CC2NCc1ccc(C#N)cc1. The van der Waals surface area contributed by atoms with E-state index >= 15 is 0 Å². The fraction of sp³-hybridized carbons (Fsp3) is 0.421. The van der Waals surface area contributed by atoms with Crippen LogP contribution in [-0.2, 0) is 13.0 Å². The summed E-state index contributed by atoms with van der Waals surface area (Å²) in [6.07, 6.45) is 2.11. The molecule has 1 aliphatic rings. The van der Waals surface area contributed by atoms with Crippen molar-refractivity contribution in [2.45, 2.75) is 46.2 Å². The van der Waals surface area contributed by atoms with Crippen molar-refractivity contribution in [1.82, 2.24) is 5.32 Å². The Hall–Kier alpha value is -2.05. The van der Waals surface area contributed by atoms with Crippen LogP contribution in [0.1, 0.15) is 54.5 Å². The summed E-state index contributed by atoms with van der Waals surface area (Å²) < 4.78 is 5.88. The van der Waals surface area contributed by atoms with Gasteiger partial charge in [0.15, 0.2) is 0 Å². The summed E-state index contributed by atoms with van der Waals surface area (Å²) in [7, 11) is 0. The molecule has 0 amide bonds. The van der Waals surface area contributed by atoms with Gasteiger partial charge in [-0.05, 0) is 42.5 Å². The highest BCUT2D eigenvalue weighted by atomic mass is 16.3. The summed E-state index contributed by atoms with van der Waals surface area (Å²) in [5.74, 6) is 2.12. The van der Waals surface area contributed by atoms with Crippen molar-refractivity contribution in [2.24, 2.45) is 5.41 Å². The maximum Gasteiger partial charge on any atom is 0.109 e. The molecular weight excluding hydrogens is 272 g/mol. The minimum absolute atomic E-state index is 0.250. The molecule has 0 radical (unpaired) electrons. The quantitative estimate of drug-likeness (QED) is 0.920. The summed E-state index contributed by atoms with van der Waals surface area (Å²) in [5.41, 5.74) is 3.46. The minimum Gasteiger partial charge on any atom is -0.466 e. The van der Waals surface area contributed by atoms with Crippen molar-refractivity contribution >= 4 is 0 Å². The van der Waals surface area contributed by atoms with Crippen molar-refractivity contribution in [3.63, 3.8) is 0 Å². The van der Waals surface area contributed by atoms with Crippen LogP contribution < -0.4 is 5.32 Å². The lowest BCUT2D eigenvalue weighted by atomic mass is 9.74. The number of furan rings is 1. The van der Waals surface area contributed by atoms with Gasteiger partial charge in [0, 0.05) is 24.6 Å². The number of nitrogens with zero attached hydrogens (tertiary/aromatic N) is 1. The second-order valence-electron chi connectivity index (χ2n) is 7.02. The van der Waals surface area contributed by atoms with Crippen LogP contribution in [0.3, 0.4) is 0 Å². The first-order chi connectivity index (χ1) is 10.5. The van der Waals surface area contributed by atoms with E-state index in [2.05, 4.69) is 31.3 Å². The smallest absolute Gasteiger partial charge is 0.109 e. The molecule has 0 fully saturated rings. The van der Waals surface area contributed by atoms with E-state index in [1.54, 1.807) is 0 Å². The van der Waals surface area contributed by atoms with Crippen LogP contribution in [0.2, 0.25) is 0 Å². The second-order valence-corrected chi connectivity index (χ2v) is 7.02. The molecule has 22 heavy (non-hydrogen) atoms. The van der Waals surface area contributed by atoms with E-state index in [4.69, 9.17) is 9.68 Å². The lowest BCUT2D eigenvalue weighted by molar-refractivity contribution is 0.233. The number of hydrogen-bond acceptors (Lipinski definition) is 3. The molecule has 3 nitrogen and oxygen atoms in total. The molecule has 3 heteroatoms. The monoisotopic (exact) mass is 294 g/mol. The van der Waals surface area contributed by atoms with Crippen molar-refractivity contribution in [1.29, 1.82) is 5.26 Å². The van der Waals surface area contributed by atoms with Crippen molar-refractivity contribution < 1.29 is 4.42 Å². The van der Waals surface area contributed by atoms with Gasteiger partial charge < -0.3 is 9.73 Å². The molecule has 1 atom stereocenters. The minimum atomic E-state index is 0.250. The number of nitriles is 1. The number of hydrogen-bond donors (Lipinski definition) is 1. The molecule has 1 unspecified atom stereocenters. The third kappa shape index (κ3) is 3.08.